The molecular weight excluding hydrogens is 216 g/mol. The maximum Gasteiger partial charge on any atom is 0.269 e. The SMILES string of the molecule is O=[N+]([O-])c1ccc(Cl)c(CN2CCC2)c1. The van der Waals surface area contributed by atoms with Crippen molar-refractivity contribution in [3.05, 3.63) is 38.9 Å². The van der Waals surface area contributed by atoms with Crippen molar-refractivity contribution in [1.29, 1.82) is 0 Å². The summed E-state index contributed by atoms with van der Waals surface area (Å²) in [5.74, 6) is 0. The molecule has 1 fully saturated rings. The summed E-state index contributed by atoms with van der Waals surface area (Å²) in [5.41, 5.74) is 0.945. The predicted octanol–water partition coefficient (Wildman–Crippen LogP) is 2.45. The van der Waals surface area contributed by atoms with Crippen LogP contribution in [0.2, 0.25) is 5.02 Å². The van der Waals surface area contributed by atoms with Gasteiger partial charge in [0.15, 0.2) is 0 Å². The topological polar surface area (TPSA) is 46.4 Å². The van der Waals surface area contributed by atoms with Gasteiger partial charge in [0.05, 0.1) is 4.92 Å². The molecule has 0 saturated carbocycles. The van der Waals surface area contributed by atoms with Crippen molar-refractivity contribution in [1.82, 2.24) is 4.90 Å². The van der Waals surface area contributed by atoms with Crippen LogP contribution in [0.3, 0.4) is 0 Å². The highest BCUT2D eigenvalue weighted by Gasteiger charge is 2.17. The highest BCUT2D eigenvalue weighted by Crippen LogP contribution is 2.24. The molecule has 5 heteroatoms. The minimum atomic E-state index is -0.393. The zero-order valence-corrected chi connectivity index (χ0v) is 8.91. The first-order valence-corrected chi connectivity index (χ1v) is 5.20. The lowest BCUT2D eigenvalue weighted by Gasteiger charge is -2.30. The summed E-state index contributed by atoms with van der Waals surface area (Å²) in [5, 5.41) is 11.2. The maximum absolute atomic E-state index is 10.6. The Balaban J connectivity index is 2.19. The van der Waals surface area contributed by atoms with E-state index in [1.807, 2.05) is 0 Å². The standard InChI is InChI=1S/C10H11ClN2O2/c11-10-3-2-9(13(14)15)6-8(10)7-12-4-1-5-12/h2-3,6H,1,4-5,7H2. The van der Waals surface area contributed by atoms with E-state index in [2.05, 4.69) is 4.90 Å². The van der Waals surface area contributed by atoms with E-state index in [4.69, 9.17) is 11.6 Å². The van der Waals surface area contributed by atoms with Crippen LogP contribution in [0.5, 0.6) is 0 Å². The van der Waals surface area contributed by atoms with Crippen LogP contribution in [0, 0.1) is 10.1 Å². The van der Waals surface area contributed by atoms with Crippen LogP contribution in [-0.2, 0) is 6.54 Å². The van der Waals surface area contributed by atoms with E-state index in [-0.39, 0.29) is 5.69 Å². The molecule has 0 aromatic heterocycles. The number of nitro benzene ring substituents is 1. The number of likely N-dealkylation sites (tertiary alicyclic amines) is 1. The molecule has 0 unspecified atom stereocenters. The number of rotatable bonds is 3. The third-order valence-electron chi connectivity index (χ3n) is 2.58. The van der Waals surface area contributed by atoms with Crippen molar-refractivity contribution in [3.8, 4) is 0 Å². The quantitative estimate of drug-likeness (QED) is 0.588. The summed E-state index contributed by atoms with van der Waals surface area (Å²) < 4.78 is 0. The first-order valence-electron chi connectivity index (χ1n) is 4.82. The monoisotopic (exact) mass is 226 g/mol. The molecular formula is C10H11ClN2O2. The molecule has 4 nitrogen and oxygen atoms in total. The highest BCUT2D eigenvalue weighted by atomic mass is 35.5. The van der Waals surface area contributed by atoms with Crippen LogP contribution in [-0.4, -0.2) is 22.9 Å². The number of non-ortho nitro benzene ring substituents is 1. The Kier molecular flexibility index (Phi) is 2.88. The Morgan fingerprint density at radius 3 is 2.73 bits per heavy atom. The fraction of sp³-hybridized carbons (Fsp3) is 0.400. The zero-order valence-electron chi connectivity index (χ0n) is 8.15. The van der Waals surface area contributed by atoms with Crippen molar-refractivity contribution in [2.45, 2.75) is 13.0 Å². The Labute approximate surface area is 92.6 Å². The van der Waals surface area contributed by atoms with E-state index in [0.717, 1.165) is 18.7 Å². The summed E-state index contributed by atoms with van der Waals surface area (Å²) in [6.45, 7) is 2.82. The fourth-order valence-corrected chi connectivity index (χ4v) is 1.75. The summed E-state index contributed by atoms with van der Waals surface area (Å²) >= 11 is 5.98. The summed E-state index contributed by atoms with van der Waals surface area (Å²) in [6, 6.07) is 4.58. The Morgan fingerprint density at radius 1 is 1.47 bits per heavy atom. The minimum absolute atomic E-state index is 0.106. The second-order valence-corrected chi connectivity index (χ2v) is 4.07. The average molecular weight is 227 g/mol. The molecule has 1 saturated heterocycles. The molecule has 80 valence electrons. The van der Waals surface area contributed by atoms with Crippen LogP contribution in [0.25, 0.3) is 0 Å². The Bertz CT molecular complexity index is 391. The number of nitro groups is 1. The zero-order chi connectivity index (χ0) is 10.8. The number of hydrogen-bond acceptors (Lipinski definition) is 3. The number of benzene rings is 1. The molecule has 0 bridgehead atoms. The van der Waals surface area contributed by atoms with Gasteiger partial charge in [-0.2, -0.15) is 0 Å². The van der Waals surface area contributed by atoms with E-state index in [9.17, 15) is 10.1 Å². The molecule has 0 N–H and O–H groups in total. The van der Waals surface area contributed by atoms with Gasteiger partial charge in [-0.3, -0.25) is 15.0 Å². The lowest BCUT2D eigenvalue weighted by molar-refractivity contribution is -0.384. The van der Waals surface area contributed by atoms with Crippen molar-refractivity contribution in [2.75, 3.05) is 13.1 Å². The van der Waals surface area contributed by atoms with Gasteiger partial charge in [0.2, 0.25) is 0 Å². The third-order valence-corrected chi connectivity index (χ3v) is 2.95. The molecule has 0 radical (unpaired) electrons. The largest absolute Gasteiger partial charge is 0.299 e. The number of nitrogens with zero attached hydrogens (tertiary/aromatic N) is 2. The van der Waals surface area contributed by atoms with Gasteiger partial charge in [0, 0.05) is 23.7 Å². The van der Waals surface area contributed by atoms with Gasteiger partial charge in [-0.05, 0) is 31.1 Å². The number of hydrogen-bond donors (Lipinski definition) is 0. The lowest BCUT2D eigenvalue weighted by Crippen LogP contribution is -2.36. The average Bonchev–Trinajstić information content (AvgIpc) is 2.13. The van der Waals surface area contributed by atoms with Crippen LogP contribution in [0.4, 0.5) is 5.69 Å². The van der Waals surface area contributed by atoms with Gasteiger partial charge >= 0.3 is 0 Å². The summed E-state index contributed by atoms with van der Waals surface area (Å²) in [6.07, 6.45) is 1.20. The van der Waals surface area contributed by atoms with Gasteiger partial charge in [0.1, 0.15) is 0 Å². The Morgan fingerprint density at radius 2 is 2.20 bits per heavy atom. The van der Waals surface area contributed by atoms with E-state index >= 15 is 0 Å². The minimum Gasteiger partial charge on any atom is -0.299 e. The van der Waals surface area contributed by atoms with Gasteiger partial charge in [0.25, 0.3) is 5.69 Å². The van der Waals surface area contributed by atoms with Gasteiger partial charge in [-0.15, -0.1) is 0 Å². The second kappa shape index (κ2) is 4.16. The first-order chi connectivity index (χ1) is 7.16. The predicted molar refractivity (Wildman–Crippen MR) is 58.0 cm³/mol. The van der Waals surface area contributed by atoms with Crippen LogP contribution < -0.4 is 0 Å². The van der Waals surface area contributed by atoms with Crippen LogP contribution in [0.1, 0.15) is 12.0 Å². The molecule has 0 atom stereocenters. The molecule has 0 amide bonds. The Hall–Kier alpha value is -1.13. The fourth-order valence-electron chi connectivity index (χ4n) is 1.58. The lowest BCUT2D eigenvalue weighted by atomic mass is 10.1. The van der Waals surface area contributed by atoms with Crippen molar-refractivity contribution in [3.63, 3.8) is 0 Å². The van der Waals surface area contributed by atoms with Gasteiger partial charge < -0.3 is 0 Å². The third kappa shape index (κ3) is 2.27. The van der Waals surface area contributed by atoms with Crippen molar-refractivity contribution in [2.24, 2.45) is 0 Å². The number of halogens is 1. The maximum atomic E-state index is 10.6. The van der Waals surface area contributed by atoms with Gasteiger partial charge in [-0.25, -0.2) is 0 Å². The van der Waals surface area contributed by atoms with E-state index in [0.29, 0.717) is 11.6 Å². The molecule has 1 aromatic carbocycles. The molecule has 0 aliphatic carbocycles. The molecule has 1 aliphatic rings. The van der Waals surface area contributed by atoms with E-state index in [1.54, 1.807) is 12.1 Å². The smallest absolute Gasteiger partial charge is 0.269 e. The van der Waals surface area contributed by atoms with E-state index in [1.165, 1.54) is 12.5 Å². The summed E-state index contributed by atoms with van der Waals surface area (Å²) in [4.78, 5) is 12.4. The molecule has 2 rings (SSSR count). The second-order valence-electron chi connectivity index (χ2n) is 3.66. The molecule has 1 aliphatic heterocycles. The van der Waals surface area contributed by atoms with E-state index < -0.39 is 4.92 Å². The van der Waals surface area contributed by atoms with Crippen LogP contribution >= 0.6 is 11.6 Å². The molecule has 1 heterocycles. The summed E-state index contributed by atoms with van der Waals surface area (Å²) in [7, 11) is 0. The molecule has 0 spiro atoms. The van der Waals surface area contributed by atoms with Crippen molar-refractivity contribution < 1.29 is 4.92 Å². The van der Waals surface area contributed by atoms with Crippen LogP contribution in [0.15, 0.2) is 18.2 Å². The van der Waals surface area contributed by atoms with Gasteiger partial charge in [-0.1, -0.05) is 11.6 Å². The molecule has 1 aromatic rings. The normalized spacial score (nSPS) is 16.1. The highest BCUT2D eigenvalue weighted by molar-refractivity contribution is 6.31. The molecule has 15 heavy (non-hydrogen) atoms. The first kappa shape index (κ1) is 10.4. The van der Waals surface area contributed by atoms with Crippen molar-refractivity contribution >= 4 is 17.3 Å².